The fraction of sp³-hybridized carbons (Fsp3) is 0.278. The third-order valence-electron chi connectivity index (χ3n) is 4.45. The highest BCUT2D eigenvalue weighted by Crippen LogP contribution is 2.37. The van der Waals surface area contributed by atoms with Crippen molar-refractivity contribution in [2.24, 2.45) is 10.7 Å². The predicted molar refractivity (Wildman–Crippen MR) is 114 cm³/mol. The zero-order chi connectivity index (χ0) is 18.3. The predicted octanol–water partition coefficient (Wildman–Crippen LogP) is 3.60. The summed E-state index contributed by atoms with van der Waals surface area (Å²) >= 11 is 1.99. The first-order chi connectivity index (χ1) is 12.5. The lowest BCUT2D eigenvalue weighted by Crippen LogP contribution is -2.31. The molecule has 0 amide bonds. The summed E-state index contributed by atoms with van der Waals surface area (Å²) in [5, 5.41) is 4.01. The van der Waals surface area contributed by atoms with E-state index in [1.54, 1.807) is 11.8 Å². The smallest absolute Gasteiger partial charge is 0.233 e. The molecule has 0 fully saturated rings. The number of nitrogens with one attached hydrogen (secondary N) is 1. The minimum Gasteiger partial charge on any atom is -0.587 e. The minimum atomic E-state index is -1.23. The SMILES string of the molecule is CN(c1cccc2cc(C3=NCC(C)(CN)S3)[nH]c12)[S+]([O-])c1cccs1. The summed E-state index contributed by atoms with van der Waals surface area (Å²) in [5.74, 6) is 0. The summed E-state index contributed by atoms with van der Waals surface area (Å²) in [5.41, 5.74) is 8.75. The minimum absolute atomic E-state index is 0.0348. The largest absolute Gasteiger partial charge is 0.587 e. The van der Waals surface area contributed by atoms with Crippen LogP contribution in [0.25, 0.3) is 10.9 Å². The molecule has 3 aromatic rings. The number of fused-ring (bicyclic) bond motifs is 1. The molecule has 0 saturated carbocycles. The molecule has 8 heteroatoms. The second-order valence-corrected chi connectivity index (χ2v) is 10.7. The van der Waals surface area contributed by atoms with Crippen LogP contribution in [0.1, 0.15) is 12.6 Å². The first-order valence-electron chi connectivity index (χ1n) is 8.25. The molecule has 4 rings (SSSR count). The van der Waals surface area contributed by atoms with E-state index < -0.39 is 11.4 Å². The van der Waals surface area contributed by atoms with E-state index in [1.165, 1.54) is 11.3 Å². The number of hydrogen-bond donors (Lipinski definition) is 2. The Bertz CT molecular complexity index is 953. The molecule has 0 saturated heterocycles. The fourth-order valence-corrected chi connectivity index (χ4v) is 5.99. The van der Waals surface area contributed by atoms with Gasteiger partial charge in [0.1, 0.15) is 22.1 Å². The lowest BCUT2D eigenvalue weighted by Gasteiger charge is -2.21. The summed E-state index contributed by atoms with van der Waals surface area (Å²) in [7, 11) is 1.86. The molecule has 136 valence electrons. The standard InChI is InChI=1S/C18H20N4OS3/c1-18(10-19)11-20-17(25-18)13-9-12-5-3-6-14(16(12)21-13)22(2)26(23)15-7-4-8-24-15/h3-9,21H,10-11,19H2,1-2H3. The van der Waals surface area contributed by atoms with Crippen molar-refractivity contribution in [3.05, 3.63) is 47.5 Å². The Hall–Kier alpha value is -1.45. The van der Waals surface area contributed by atoms with Gasteiger partial charge in [0.05, 0.1) is 29.6 Å². The van der Waals surface area contributed by atoms with Gasteiger partial charge < -0.3 is 15.3 Å². The summed E-state index contributed by atoms with van der Waals surface area (Å²) < 4.78 is 15.4. The lowest BCUT2D eigenvalue weighted by molar-refractivity contribution is 0.595. The third-order valence-corrected chi connectivity index (χ3v) is 8.34. The molecule has 1 aromatic carbocycles. The van der Waals surface area contributed by atoms with Crippen LogP contribution in [0.2, 0.25) is 0 Å². The zero-order valence-electron chi connectivity index (χ0n) is 14.6. The van der Waals surface area contributed by atoms with E-state index >= 15 is 0 Å². The molecule has 5 nitrogen and oxygen atoms in total. The van der Waals surface area contributed by atoms with E-state index in [1.807, 2.05) is 41.0 Å². The molecule has 0 radical (unpaired) electrons. The summed E-state index contributed by atoms with van der Waals surface area (Å²) in [6.07, 6.45) is 0. The van der Waals surface area contributed by atoms with Crippen molar-refractivity contribution in [2.75, 3.05) is 24.4 Å². The Morgan fingerprint density at radius 3 is 2.92 bits per heavy atom. The van der Waals surface area contributed by atoms with E-state index in [4.69, 9.17) is 5.73 Å². The van der Waals surface area contributed by atoms with Gasteiger partial charge in [0.2, 0.25) is 4.21 Å². The van der Waals surface area contributed by atoms with Crippen molar-refractivity contribution in [1.82, 2.24) is 4.98 Å². The van der Waals surface area contributed by atoms with Gasteiger partial charge in [-0.25, -0.2) is 0 Å². The number of para-hydroxylation sites is 1. The van der Waals surface area contributed by atoms with E-state index in [0.29, 0.717) is 6.54 Å². The number of aliphatic imine (C=N–C) groups is 1. The molecule has 1 aliphatic rings. The molecule has 0 bridgehead atoms. The maximum absolute atomic E-state index is 12.8. The van der Waals surface area contributed by atoms with Crippen molar-refractivity contribution in [2.45, 2.75) is 15.9 Å². The first-order valence-corrected chi connectivity index (χ1v) is 11.1. The number of anilines is 1. The monoisotopic (exact) mass is 404 g/mol. The van der Waals surface area contributed by atoms with Gasteiger partial charge in [-0.1, -0.05) is 35.2 Å². The highest BCUT2D eigenvalue weighted by molar-refractivity contribution is 8.15. The molecule has 0 aliphatic carbocycles. The maximum atomic E-state index is 12.8. The molecule has 2 atom stereocenters. The van der Waals surface area contributed by atoms with Crippen molar-refractivity contribution >= 4 is 56.1 Å². The first kappa shape index (κ1) is 17.9. The molecule has 1 aliphatic heterocycles. The second kappa shape index (κ2) is 6.94. The summed E-state index contributed by atoms with van der Waals surface area (Å²) in [6.45, 7) is 3.47. The quantitative estimate of drug-likeness (QED) is 0.637. The summed E-state index contributed by atoms with van der Waals surface area (Å²) in [4.78, 5) is 8.16. The Morgan fingerprint density at radius 2 is 2.23 bits per heavy atom. The van der Waals surface area contributed by atoms with Crippen LogP contribution in [0.3, 0.4) is 0 Å². The van der Waals surface area contributed by atoms with E-state index in [2.05, 4.69) is 29.0 Å². The maximum Gasteiger partial charge on any atom is 0.233 e. The third kappa shape index (κ3) is 3.16. The van der Waals surface area contributed by atoms with Gasteiger partial charge in [0.15, 0.2) is 0 Å². The summed E-state index contributed by atoms with van der Waals surface area (Å²) in [6, 6.07) is 12.0. The lowest BCUT2D eigenvalue weighted by atomic mass is 10.2. The van der Waals surface area contributed by atoms with Gasteiger partial charge in [0, 0.05) is 18.0 Å². The molecule has 26 heavy (non-hydrogen) atoms. The van der Waals surface area contributed by atoms with Crippen molar-refractivity contribution in [1.29, 1.82) is 0 Å². The zero-order valence-corrected chi connectivity index (χ0v) is 17.0. The molecule has 2 unspecified atom stereocenters. The van der Waals surface area contributed by atoms with Crippen LogP contribution in [-0.4, -0.2) is 39.5 Å². The number of nitrogens with two attached hydrogens (primary N) is 1. The number of nitrogens with zero attached hydrogens (tertiary/aromatic N) is 2. The Labute approximate surface area is 164 Å². The Balaban J connectivity index is 1.68. The van der Waals surface area contributed by atoms with Gasteiger partial charge in [0.25, 0.3) is 0 Å². The Kier molecular flexibility index (Phi) is 4.79. The molecule has 3 heterocycles. The highest BCUT2D eigenvalue weighted by Gasteiger charge is 2.32. The van der Waals surface area contributed by atoms with Crippen LogP contribution in [0.15, 0.2) is 51.0 Å². The molecular weight excluding hydrogens is 384 g/mol. The van der Waals surface area contributed by atoms with Crippen molar-refractivity contribution in [3.63, 3.8) is 0 Å². The molecular formula is C18H20N4OS3. The normalized spacial score (nSPS) is 21.2. The van der Waals surface area contributed by atoms with Crippen LogP contribution in [0, 0.1) is 0 Å². The van der Waals surface area contributed by atoms with Crippen molar-refractivity contribution < 1.29 is 4.55 Å². The number of thiophene rings is 1. The molecule has 0 spiro atoms. The number of thioether (sulfide) groups is 1. The topological polar surface area (TPSA) is 80.5 Å². The number of aromatic amines is 1. The number of aromatic nitrogens is 1. The van der Waals surface area contributed by atoms with Gasteiger partial charge in [-0.3, -0.25) is 4.99 Å². The van der Waals surface area contributed by atoms with E-state index in [0.717, 1.165) is 38.1 Å². The number of benzene rings is 1. The second-order valence-electron chi connectivity index (χ2n) is 6.48. The van der Waals surface area contributed by atoms with Crippen LogP contribution in [-0.2, 0) is 11.4 Å². The molecule has 3 N–H and O–H groups in total. The fourth-order valence-electron chi connectivity index (χ4n) is 2.89. The van der Waals surface area contributed by atoms with E-state index in [9.17, 15) is 4.55 Å². The van der Waals surface area contributed by atoms with Gasteiger partial charge >= 0.3 is 0 Å². The van der Waals surface area contributed by atoms with Crippen LogP contribution < -0.4 is 10.0 Å². The van der Waals surface area contributed by atoms with Crippen LogP contribution >= 0.6 is 23.1 Å². The average Bonchev–Trinajstić information content (AvgIpc) is 3.39. The van der Waals surface area contributed by atoms with Crippen molar-refractivity contribution in [3.8, 4) is 0 Å². The Morgan fingerprint density at radius 1 is 1.38 bits per heavy atom. The van der Waals surface area contributed by atoms with E-state index in [-0.39, 0.29) is 4.75 Å². The number of H-pyrrole nitrogens is 1. The highest BCUT2D eigenvalue weighted by atomic mass is 32.2. The number of rotatable bonds is 5. The molecule has 2 aromatic heterocycles. The van der Waals surface area contributed by atoms with Crippen LogP contribution in [0.5, 0.6) is 0 Å². The van der Waals surface area contributed by atoms with Gasteiger partial charge in [-0.05, 0) is 30.5 Å². The van der Waals surface area contributed by atoms with Crippen LogP contribution in [0.4, 0.5) is 5.69 Å². The average molecular weight is 405 g/mol. The number of hydrogen-bond acceptors (Lipinski definition) is 6. The van der Waals surface area contributed by atoms with Gasteiger partial charge in [-0.15, -0.1) is 0 Å². The van der Waals surface area contributed by atoms with Gasteiger partial charge in [-0.2, -0.15) is 4.31 Å².